The summed E-state index contributed by atoms with van der Waals surface area (Å²) < 4.78 is 0. The molecule has 1 aliphatic rings. The summed E-state index contributed by atoms with van der Waals surface area (Å²) in [5, 5.41) is 3.09. The van der Waals surface area contributed by atoms with Gasteiger partial charge in [-0.25, -0.2) is 0 Å². The maximum atomic E-state index is 12.6. The van der Waals surface area contributed by atoms with Crippen LogP contribution in [0.2, 0.25) is 10.0 Å². The number of nitrogens with zero attached hydrogens (tertiary/aromatic N) is 1. The largest absolute Gasteiger partial charge is 0.324 e. The Kier molecular flexibility index (Phi) is 5.27. The number of hydrogen-bond acceptors (Lipinski definition) is 4. The number of hydrogen-bond donors (Lipinski definition) is 1. The van der Waals surface area contributed by atoms with E-state index in [0.29, 0.717) is 5.69 Å². The maximum absolute atomic E-state index is 12.6. The van der Waals surface area contributed by atoms with Crippen LogP contribution in [0.5, 0.6) is 0 Å². The number of carbonyl (C=O) groups excluding carboxylic acids is 3. The van der Waals surface area contributed by atoms with Crippen LogP contribution in [0.3, 0.4) is 0 Å². The van der Waals surface area contributed by atoms with Crippen molar-refractivity contribution in [2.75, 3.05) is 11.6 Å². The smallest absolute Gasteiger partial charge is 0.262 e. The molecular formula is C18H14Cl2N2O3S. The van der Waals surface area contributed by atoms with Crippen molar-refractivity contribution in [3.05, 3.63) is 57.6 Å². The summed E-state index contributed by atoms with van der Waals surface area (Å²) in [7, 11) is 0. The summed E-state index contributed by atoms with van der Waals surface area (Å²) in [4.78, 5) is 39.6. The van der Waals surface area contributed by atoms with Gasteiger partial charge in [-0.05, 0) is 43.5 Å². The van der Waals surface area contributed by atoms with Crippen LogP contribution < -0.4 is 5.32 Å². The molecular weight excluding hydrogens is 395 g/mol. The van der Waals surface area contributed by atoms with E-state index in [4.69, 9.17) is 23.2 Å². The minimum atomic E-state index is -0.988. The molecule has 1 heterocycles. The molecule has 0 radical (unpaired) electrons. The number of carbonyl (C=O) groups is 3. The third kappa shape index (κ3) is 3.32. The Hall–Kier alpha value is -2.02. The Balaban J connectivity index is 1.83. The molecule has 134 valence electrons. The van der Waals surface area contributed by atoms with Gasteiger partial charge in [0.2, 0.25) is 5.91 Å². The first-order valence-electron chi connectivity index (χ1n) is 7.65. The van der Waals surface area contributed by atoms with Gasteiger partial charge in [-0.3, -0.25) is 19.3 Å². The normalized spacial score (nSPS) is 14.4. The summed E-state index contributed by atoms with van der Waals surface area (Å²) in [6.45, 7) is 1.50. The number of benzene rings is 2. The van der Waals surface area contributed by atoms with E-state index in [1.54, 1.807) is 17.8 Å². The summed E-state index contributed by atoms with van der Waals surface area (Å²) in [5.41, 5.74) is 0.887. The molecule has 1 atom stereocenters. The van der Waals surface area contributed by atoms with Crippen LogP contribution in [0.4, 0.5) is 5.69 Å². The van der Waals surface area contributed by atoms with Gasteiger partial charge in [-0.15, -0.1) is 11.8 Å². The van der Waals surface area contributed by atoms with Crippen LogP contribution >= 0.6 is 35.0 Å². The molecule has 3 amide bonds. The molecule has 0 spiro atoms. The van der Waals surface area contributed by atoms with Gasteiger partial charge in [0, 0.05) is 10.6 Å². The van der Waals surface area contributed by atoms with E-state index in [2.05, 4.69) is 5.32 Å². The van der Waals surface area contributed by atoms with Crippen molar-refractivity contribution in [1.82, 2.24) is 4.90 Å². The molecule has 5 nitrogen and oxygen atoms in total. The number of thioether (sulfide) groups is 1. The predicted molar refractivity (Wildman–Crippen MR) is 103 cm³/mol. The molecule has 0 bridgehead atoms. The minimum Gasteiger partial charge on any atom is -0.324 e. The van der Waals surface area contributed by atoms with E-state index in [0.717, 1.165) is 9.80 Å². The average molecular weight is 409 g/mol. The molecule has 0 saturated carbocycles. The van der Waals surface area contributed by atoms with E-state index in [-0.39, 0.29) is 21.2 Å². The van der Waals surface area contributed by atoms with Crippen LogP contribution in [-0.4, -0.2) is 34.9 Å². The molecule has 0 saturated heterocycles. The first kappa shape index (κ1) is 18.8. The van der Waals surface area contributed by atoms with Crippen LogP contribution in [0, 0.1) is 0 Å². The van der Waals surface area contributed by atoms with Crippen LogP contribution in [-0.2, 0) is 4.79 Å². The highest BCUT2D eigenvalue weighted by atomic mass is 35.5. The fourth-order valence-corrected chi connectivity index (χ4v) is 3.46. The number of anilines is 1. The lowest BCUT2D eigenvalue weighted by Gasteiger charge is -2.21. The van der Waals surface area contributed by atoms with Crippen molar-refractivity contribution < 1.29 is 14.4 Å². The Bertz CT molecular complexity index is 892. The number of fused-ring (bicyclic) bond motifs is 1. The lowest BCUT2D eigenvalue weighted by molar-refractivity contribution is -0.119. The van der Waals surface area contributed by atoms with Gasteiger partial charge in [-0.1, -0.05) is 29.3 Å². The molecule has 0 aromatic heterocycles. The van der Waals surface area contributed by atoms with E-state index in [9.17, 15) is 14.4 Å². The quantitative estimate of drug-likeness (QED) is 0.603. The molecule has 8 heteroatoms. The van der Waals surface area contributed by atoms with Crippen molar-refractivity contribution in [3.8, 4) is 0 Å². The zero-order valence-corrected chi connectivity index (χ0v) is 16.2. The van der Waals surface area contributed by atoms with Gasteiger partial charge >= 0.3 is 0 Å². The van der Waals surface area contributed by atoms with Gasteiger partial charge < -0.3 is 5.32 Å². The molecule has 2 aromatic carbocycles. The minimum absolute atomic E-state index is 0.147. The fraction of sp³-hybridized carbons (Fsp3) is 0.167. The predicted octanol–water partition coefficient (Wildman–Crippen LogP) is 4.34. The van der Waals surface area contributed by atoms with Crippen molar-refractivity contribution >= 4 is 58.4 Å². The van der Waals surface area contributed by atoms with E-state index in [1.807, 2.05) is 24.5 Å². The molecule has 26 heavy (non-hydrogen) atoms. The highest BCUT2D eigenvalue weighted by Gasteiger charge is 2.41. The third-order valence-electron chi connectivity index (χ3n) is 4.06. The van der Waals surface area contributed by atoms with E-state index < -0.39 is 23.8 Å². The Morgan fingerprint density at radius 3 is 2.19 bits per heavy atom. The Labute approximate surface area is 164 Å². The van der Waals surface area contributed by atoms with Gasteiger partial charge in [0.15, 0.2) is 0 Å². The molecule has 1 unspecified atom stereocenters. The molecule has 0 aliphatic carbocycles. The van der Waals surface area contributed by atoms with Crippen molar-refractivity contribution in [3.63, 3.8) is 0 Å². The van der Waals surface area contributed by atoms with Crippen LogP contribution in [0.25, 0.3) is 0 Å². The molecule has 2 aromatic rings. The zero-order valence-electron chi connectivity index (χ0n) is 13.9. The topological polar surface area (TPSA) is 66.5 Å². The summed E-state index contributed by atoms with van der Waals surface area (Å²) in [6, 6.07) is 9.01. The van der Waals surface area contributed by atoms with Crippen molar-refractivity contribution in [2.45, 2.75) is 17.9 Å². The first-order valence-corrected chi connectivity index (χ1v) is 9.63. The monoisotopic (exact) mass is 408 g/mol. The van der Waals surface area contributed by atoms with Gasteiger partial charge in [0.05, 0.1) is 21.2 Å². The second-order valence-electron chi connectivity index (χ2n) is 5.69. The second kappa shape index (κ2) is 7.31. The second-order valence-corrected chi connectivity index (χ2v) is 7.38. The standard InChI is InChI=1S/C18H14Cl2N2O3S/c1-9(16(23)21-10-4-3-5-11(6-10)26-2)22-17(24)12-7-14(19)15(20)8-13(12)18(22)25/h3-9H,1-2H3,(H,21,23). The van der Waals surface area contributed by atoms with Crippen LogP contribution in [0.1, 0.15) is 27.6 Å². The fourth-order valence-electron chi connectivity index (χ4n) is 2.67. The Morgan fingerprint density at radius 2 is 1.65 bits per heavy atom. The van der Waals surface area contributed by atoms with E-state index >= 15 is 0 Å². The lowest BCUT2D eigenvalue weighted by Crippen LogP contribution is -2.45. The molecule has 1 aliphatic heterocycles. The summed E-state index contributed by atoms with van der Waals surface area (Å²) in [6.07, 6.45) is 1.93. The van der Waals surface area contributed by atoms with E-state index in [1.165, 1.54) is 19.1 Å². The lowest BCUT2D eigenvalue weighted by atomic mass is 10.1. The van der Waals surface area contributed by atoms with Crippen molar-refractivity contribution in [1.29, 1.82) is 0 Å². The number of nitrogens with one attached hydrogen (secondary N) is 1. The zero-order chi connectivity index (χ0) is 19.0. The average Bonchev–Trinajstić information content (AvgIpc) is 2.85. The summed E-state index contributed by atoms with van der Waals surface area (Å²) >= 11 is 13.4. The number of halogens is 2. The highest BCUT2D eigenvalue weighted by Crippen LogP contribution is 2.32. The van der Waals surface area contributed by atoms with Gasteiger partial charge in [0.1, 0.15) is 6.04 Å². The molecule has 1 N–H and O–H groups in total. The molecule has 0 fully saturated rings. The highest BCUT2D eigenvalue weighted by molar-refractivity contribution is 7.98. The van der Waals surface area contributed by atoms with Gasteiger partial charge in [-0.2, -0.15) is 0 Å². The van der Waals surface area contributed by atoms with Crippen molar-refractivity contribution in [2.24, 2.45) is 0 Å². The Morgan fingerprint density at radius 1 is 1.08 bits per heavy atom. The maximum Gasteiger partial charge on any atom is 0.262 e. The number of rotatable bonds is 4. The number of imide groups is 1. The third-order valence-corrected chi connectivity index (χ3v) is 5.51. The molecule has 3 rings (SSSR count). The van der Waals surface area contributed by atoms with Gasteiger partial charge in [0.25, 0.3) is 11.8 Å². The number of amides is 3. The first-order chi connectivity index (χ1) is 12.3. The summed E-state index contributed by atoms with van der Waals surface area (Å²) in [5.74, 6) is -1.59. The SMILES string of the molecule is CSc1cccc(NC(=O)C(C)N2C(=O)c3cc(Cl)c(Cl)cc3C2=O)c1. The van der Waals surface area contributed by atoms with Crippen LogP contribution in [0.15, 0.2) is 41.3 Å².